The molecule has 1 unspecified atom stereocenters. The van der Waals surface area contributed by atoms with Crippen LogP contribution in [0.25, 0.3) is 10.9 Å². The quantitative estimate of drug-likeness (QED) is 0.711. The summed E-state index contributed by atoms with van der Waals surface area (Å²) in [5.41, 5.74) is 4.48. The van der Waals surface area contributed by atoms with Gasteiger partial charge in [0, 0.05) is 30.2 Å². The summed E-state index contributed by atoms with van der Waals surface area (Å²) in [5, 5.41) is 4.54. The number of nitrogens with one attached hydrogen (secondary N) is 1. The molecule has 0 saturated heterocycles. The Bertz CT molecular complexity index is 899. The summed E-state index contributed by atoms with van der Waals surface area (Å²) in [5.74, 6) is 0.981. The van der Waals surface area contributed by atoms with Crippen molar-refractivity contribution in [3.05, 3.63) is 77.5 Å². The molecule has 3 nitrogen and oxygen atoms in total. The van der Waals surface area contributed by atoms with Crippen LogP contribution in [0.5, 0.6) is 0 Å². The van der Waals surface area contributed by atoms with E-state index in [1.807, 2.05) is 24.4 Å². The zero-order chi connectivity index (χ0) is 16.4. The molecule has 0 bridgehead atoms. The van der Waals surface area contributed by atoms with Crippen LogP contribution in [0.1, 0.15) is 28.4 Å². The van der Waals surface area contributed by atoms with Crippen LogP contribution in [0.4, 0.5) is 0 Å². The van der Waals surface area contributed by atoms with Gasteiger partial charge in [0.25, 0.3) is 0 Å². The van der Waals surface area contributed by atoms with E-state index in [-0.39, 0.29) is 5.25 Å². The third-order valence-electron chi connectivity index (χ3n) is 4.39. The fourth-order valence-corrected chi connectivity index (χ4v) is 3.64. The molecule has 1 atom stereocenters. The zero-order valence-electron chi connectivity index (χ0n) is 13.3. The number of aliphatic imine (C=N–C) groups is 1. The Morgan fingerprint density at radius 1 is 0.958 bits per heavy atom. The fraction of sp³-hybridized carbons (Fsp3) is 0.200. The van der Waals surface area contributed by atoms with Gasteiger partial charge < -0.3 is 5.32 Å². The van der Waals surface area contributed by atoms with Crippen LogP contribution in [0.15, 0.2) is 65.8 Å². The number of aromatic nitrogens is 1. The van der Waals surface area contributed by atoms with E-state index >= 15 is 0 Å². The second-order valence-electron chi connectivity index (χ2n) is 5.92. The molecular weight excluding hydrogens is 314 g/mol. The van der Waals surface area contributed by atoms with Crippen LogP contribution in [-0.2, 0) is 0 Å². The minimum Gasteiger partial charge on any atom is -0.370 e. The first-order valence-corrected chi connectivity index (χ1v) is 8.75. The Balaban J connectivity index is 1.82. The van der Waals surface area contributed by atoms with Gasteiger partial charge in [0.05, 0.1) is 10.8 Å². The molecule has 4 heteroatoms. The molecule has 0 spiro atoms. The number of hydrogen-bond acceptors (Lipinski definition) is 4. The Hall–Kier alpha value is -2.33. The lowest BCUT2D eigenvalue weighted by Crippen LogP contribution is -2.31. The second-order valence-corrected chi connectivity index (χ2v) is 6.43. The number of pyridine rings is 1. The molecule has 0 amide bonds. The molecule has 1 aromatic heterocycles. The highest BCUT2D eigenvalue weighted by molar-refractivity contribution is 7.80. The first-order valence-electron chi connectivity index (χ1n) is 8.24. The molecule has 0 saturated carbocycles. The van der Waals surface area contributed by atoms with Crippen LogP contribution in [-0.4, -0.2) is 23.9 Å². The van der Waals surface area contributed by atoms with Crippen molar-refractivity contribution < 1.29 is 0 Å². The van der Waals surface area contributed by atoms with Gasteiger partial charge in [-0.15, -0.1) is 0 Å². The van der Waals surface area contributed by atoms with E-state index in [9.17, 15) is 0 Å². The van der Waals surface area contributed by atoms with Gasteiger partial charge in [-0.2, -0.15) is 12.6 Å². The van der Waals surface area contributed by atoms with Gasteiger partial charge in [-0.3, -0.25) is 9.98 Å². The molecule has 2 aromatic carbocycles. The highest BCUT2D eigenvalue weighted by atomic mass is 32.1. The molecule has 1 aliphatic rings. The minimum absolute atomic E-state index is 0.0273. The zero-order valence-corrected chi connectivity index (χ0v) is 14.2. The molecule has 3 aromatic rings. The van der Waals surface area contributed by atoms with Crippen molar-refractivity contribution in [1.29, 1.82) is 0 Å². The van der Waals surface area contributed by atoms with Crippen LogP contribution in [0.2, 0.25) is 0 Å². The lowest BCUT2D eigenvalue weighted by molar-refractivity contribution is 0.742. The molecule has 4 rings (SSSR count). The van der Waals surface area contributed by atoms with Crippen molar-refractivity contribution in [1.82, 2.24) is 10.3 Å². The normalized spacial score (nSPS) is 15.6. The second kappa shape index (κ2) is 6.65. The van der Waals surface area contributed by atoms with Crippen molar-refractivity contribution in [3.63, 3.8) is 0 Å². The monoisotopic (exact) mass is 333 g/mol. The smallest absolute Gasteiger partial charge is 0.128 e. The van der Waals surface area contributed by atoms with Crippen LogP contribution in [0, 0.1) is 0 Å². The highest BCUT2D eigenvalue weighted by Gasteiger charge is 2.19. The summed E-state index contributed by atoms with van der Waals surface area (Å²) in [6.45, 7) is 1.86. The maximum atomic E-state index is 4.96. The van der Waals surface area contributed by atoms with Gasteiger partial charge in [0.1, 0.15) is 5.84 Å². The Morgan fingerprint density at radius 3 is 2.67 bits per heavy atom. The summed E-state index contributed by atoms with van der Waals surface area (Å²) in [4.78, 5) is 9.12. The summed E-state index contributed by atoms with van der Waals surface area (Å²) < 4.78 is 0. The van der Waals surface area contributed by atoms with E-state index in [4.69, 9.17) is 12.6 Å². The lowest BCUT2D eigenvalue weighted by atomic mass is 9.96. The van der Waals surface area contributed by atoms with E-state index in [1.54, 1.807) is 0 Å². The molecule has 24 heavy (non-hydrogen) atoms. The third-order valence-corrected chi connectivity index (χ3v) is 4.94. The molecule has 0 fully saturated rings. The molecule has 0 radical (unpaired) electrons. The van der Waals surface area contributed by atoms with Gasteiger partial charge >= 0.3 is 0 Å². The first kappa shape index (κ1) is 15.2. The lowest BCUT2D eigenvalue weighted by Gasteiger charge is -2.21. The summed E-state index contributed by atoms with van der Waals surface area (Å²) in [6.07, 6.45) is 2.95. The summed E-state index contributed by atoms with van der Waals surface area (Å²) in [6, 6.07) is 18.7. The van der Waals surface area contributed by atoms with E-state index < -0.39 is 0 Å². The van der Waals surface area contributed by atoms with Gasteiger partial charge in [-0.05, 0) is 29.7 Å². The van der Waals surface area contributed by atoms with Crippen LogP contribution in [0.3, 0.4) is 0 Å². The number of hydrogen-bond donors (Lipinski definition) is 2. The molecule has 1 N–H and O–H groups in total. The maximum absolute atomic E-state index is 4.96. The van der Waals surface area contributed by atoms with Crippen molar-refractivity contribution in [2.75, 3.05) is 13.1 Å². The molecule has 0 aliphatic carbocycles. The first-order chi connectivity index (χ1) is 11.8. The van der Waals surface area contributed by atoms with Gasteiger partial charge in [-0.25, -0.2) is 0 Å². The number of benzene rings is 2. The van der Waals surface area contributed by atoms with E-state index in [2.05, 4.69) is 51.7 Å². The number of fused-ring (bicyclic) bond motifs is 1. The standard InChI is InChI=1S/C20H19N3S/c24-19(16-10-13-21-18-9-4-3-6-14(16)18)15-7-1-2-8-17(15)20-22-11-5-12-23-20/h1-4,6-10,13,19,24H,5,11-12H2,(H,22,23). The topological polar surface area (TPSA) is 37.3 Å². The molecular formula is C20H19N3S. The average Bonchev–Trinajstić information content (AvgIpc) is 2.68. The van der Waals surface area contributed by atoms with Gasteiger partial charge in [0.15, 0.2) is 0 Å². The highest BCUT2D eigenvalue weighted by Crippen LogP contribution is 2.34. The number of nitrogens with zero attached hydrogens (tertiary/aromatic N) is 2. The van der Waals surface area contributed by atoms with E-state index in [1.165, 1.54) is 11.1 Å². The number of para-hydroxylation sites is 1. The van der Waals surface area contributed by atoms with Crippen molar-refractivity contribution in [2.45, 2.75) is 11.7 Å². The van der Waals surface area contributed by atoms with Crippen molar-refractivity contribution in [3.8, 4) is 0 Å². The van der Waals surface area contributed by atoms with E-state index in [0.29, 0.717) is 0 Å². The molecule has 120 valence electrons. The largest absolute Gasteiger partial charge is 0.370 e. The predicted molar refractivity (Wildman–Crippen MR) is 103 cm³/mol. The Labute approximate surface area is 147 Å². The van der Waals surface area contributed by atoms with Crippen molar-refractivity contribution >= 4 is 29.4 Å². The third kappa shape index (κ3) is 2.78. The number of amidine groups is 1. The molecule has 1 aliphatic heterocycles. The average molecular weight is 333 g/mol. The summed E-state index contributed by atoms with van der Waals surface area (Å²) >= 11 is 4.96. The SMILES string of the molecule is SC(c1ccccc1C1=NCCCN1)c1ccnc2ccccc12. The predicted octanol–water partition coefficient (Wildman–Crippen LogP) is 3.99. The number of thiol groups is 1. The fourth-order valence-electron chi connectivity index (χ4n) is 3.19. The Kier molecular flexibility index (Phi) is 4.22. The minimum atomic E-state index is -0.0273. The van der Waals surface area contributed by atoms with Gasteiger partial charge in [-0.1, -0.05) is 42.5 Å². The number of rotatable bonds is 3. The summed E-state index contributed by atoms with van der Waals surface area (Å²) in [7, 11) is 0. The van der Waals surface area contributed by atoms with Gasteiger partial charge in [0.2, 0.25) is 0 Å². The van der Waals surface area contributed by atoms with Crippen molar-refractivity contribution in [2.24, 2.45) is 4.99 Å². The van der Waals surface area contributed by atoms with Crippen LogP contribution >= 0.6 is 12.6 Å². The maximum Gasteiger partial charge on any atom is 0.128 e. The Morgan fingerprint density at radius 2 is 1.79 bits per heavy atom. The molecule has 2 heterocycles. The van der Waals surface area contributed by atoms with E-state index in [0.717, 1.165) is 41.8 Å². The van der Waals surface area contributed by atoms with Crippen LogP contribution < -0.4 is 5.32 Å².